The quantitative estimate of drug-likeness (QED) is 0.820. The minimum atomic E-state index is 0.104. The number of hydrogen-bond acceptors (Lipinski definition) is 3. The molecule has 0 spiro atoms. The van der Waals surface area contributed by atoms with Gasteiger partial charge in [-0.1, -0.05) is 19.8 Å². The average Bonchev–Trinajstić information content (AvgIpc) is 2.37. The summed E-state index contributed by atoms with van der Waals surface area (Å²) in [5, 5.41) is 9.40. The Morgan fingerprint density at radius 1 is 1.32 bits per heavy atom. The van der Waals surface area contributed by atoms with Crippen molar-refractivity contribution in [2.75, 3.05) is 18.0 Å². The Kier molecular flexibility index (Phi) is 5.20. The second kappa shape index (κ2) is 6.90. The summed E-state index contributed by atoms with van der Waals surface area (Å²) in [6.45, 7) is 6.56. The highest BCUT2D eigenvalue weighted by molar-refractivity contribution is 5.42. The van der Waals surface area contributed by atoms with Crippen molar-refractivity contribution in [3.05, 3.63) is 23.4 Å². The van der Waals surface area contributed by atoms with Crippen molar-refractivity contribution < 1.29 is 5.11 Å². The van der Waals surface area contributed by atoms with Crippen molar-refractivity contribution in [1.82, 2.24) is 4.98 Å². The van der Waals surface area contributed by atoms with Crippen LogP contribution in [0.5, 0.6) is 0 Å². The fraction of sp³-hybridized carbons (Fsp3) is 0.688. The van der Waals surface area contributed by atoms with Gasteiger partial charge in [0.15, 0.2) is 0 Å². The van der Waals surface area contributed by atoms with Crippen LogP contribution in [0.3, 0.4) is 0 Å². The third-order valence-electron chi connectivity index (χ3n) is 4.02. The SMILES string of the molecule is CCCc1cc(CO)cc(N(CC)CC2CCC2)n1. The molecule has 3 nitrogen and oxygen atoms in total. The first-order valence-electron chi connectivity index (χ1n) is 7.62. The Morgan fingerprint density at radius 3 is 2.63 bits per heavy atom. The number of anilines is 1. The Morgan fingerprint density at radius 2 is 2.11 bits per heavy atom. The Balaban J connectivity index is 2.16. The molecular weight excluding hydrogens is 236 g/mol. The molecule has 0 amide bonds. The van der Waals surface area contributed by atoms with Crippen LogP contribution in [-0.2, 0) is 13.0 Å². The van der Waals surface area contributed by atoms with Gasteiger partial charge in [-0.2, -0.15) is 0 Å². The molecule has 0 saturated heterocycles. The van der Waals surface area contributed by atoms with E-state index in [-0.39, 0.29) is 6.61 Å². The van der Waals surface area contributed by atoms with Crippen LogP contribution in [0.2, 0.25) is 0 Å². The standard InChI is InChI=1S/C16H26N2O/c1-3-6-15-9-14(12-19)10-16(17-15)18(4-2)11-13-7-5-8-13/h9-10,13,19H,3-8,11-12H2,1-2H3. The van der Waals surface area contributed by atoms with Crippen LogP contribution in [0.1, 0.15) is 50.8 Å². The van der Waals surface area contributed by atoms with Gasteiger partial charge in [-0.05, 0) is 49.8 Å². The van der Waals surface area contributed by atoms with Crippen molar-refractivity contribution in [1.29, 1.82) is 0 Å². The molecule has 1 N–H and O–H groups in total. The first-order valence-corrected chi connectivity index (χ1v) is 7.62. The molecule has 106 valence electrons. The minimum Gasteiger partial charge on any atom is -0.392 e. The molecule has 2 rings (SSSR count). The van der Waals surface area contributed by atoms with E-state index >= 15 is 0 Å². The van der Waals surface area contributed by atoms with E-state index < -0.39 is 0 Å². The van der Waals surface area contributed by atoms with E-state index in [1.54, 1.807) is 0 Å². The van der Waals surface area contributed by atoms with E-state index in [0.717, 1.165) is 48.9 Å². The smallest absolute Gasteiger partial charge is 0.129 e. The number of pyridine rings is 1. The first-order chi connectivity index (χ1) is 9.26. The predicted molar refractivity (Wildman–Crippen MR) is 79.4 cm³/mol. The van der Waals surface area contributed by atoms with Gasteiger partial charge in [-0.15, -0.1) is 0 Å². The van der Waals surface area contributed by atoms with Crippen molar-refractivity contribution >= 4 is 5.82 Å². The van der Waals surface area contributed by atoms with Crippen LogP contribution >= 0.6 is 0 Å². The monoisotopic (exact) mass is 262 g/mol. The maximum atomic E-state index is 9.40. The van der Waals surface area contributed by atoms with Gasteiger partial charge in [0.2, 0.25) is 0 Å². The lowest BCUT2D eigenvalue weighted by Gasteiger charge is -2.32. The highest BCUT2D eigenvalue weighted by Crippen LogP contribution is 2.28. The summed E-state index contributed by atoms with van der Waals surface area (Å²) in [6, 6.07) is 4.07. The zero-order chi connectivity index (χ0) is 13.7. The molecular formula is C16H26N2O. The van der Waals surface area contributed by atoms with E-state index in [1.807, 2.05) is 12.1 Å². The van der Waals surface area contributed by atoms with Gasteiger partial charge in [0.25, 0.3) is 0 Å². The van der Waals surface area contributed by atoms with E-state index in [4.69, 9.17) is 4.98 Å². The summed E-state index contributed by atoms with van der Waals surface area (Å²) >= 11 is 0. The molecule has 0 aromatic carbocycles. The van der Waals surface area contributed by atoms with Gasteiger partial charge in [-0.3, -0.25) is 0 Å². The van der Waals surface area contributed by atoms with Gasteiger partial charge < -0.3 is 10.0 Å². The Labute approximate surface area is 116 Å². The number of hydrogen-bond donors (Lipinski definition) is 1. The topological polar surface area (TPSA) is 36.4 Å². The molecule has 0 atom stereocenters. The van der Waals surface area contributed by atoms with E-state index in [9.17, 15) is 5.11 Å². The molecule has 0 bridgehead atoms. The van der Waals surface area contributed by atoms with Gasteiger partial charge in [0, 0.05) is 18.8 Å². The second-order valence-electron chi connectivity index (χ2n) is 5.57. The van der Waals surface area contributed by atoms with Gasteiger partial charge in [0.05, 0.1) is 6.61 Å². The lowest BCUT2D eigenvalue weighted by Crippen LogP contribution is -2.33. The fourth-order valence-electron chi connectivity index (χ4n) is 2.64. The molecule has 0 radical (unpaired) electrons. The zero-order valence-electron chi connectivity index (χ0n) is 12.2. The molecule has 1 aliphatic carbocycles. The highest BCUT2D eigenvalue weighted by Gasteiger charge is 2.21. The van der Waals surface area contributed by atoms with Crippen molar-refractivity contribution in [2.24, 2.45) is 5.92 Å². The van der Waals surface area contributed by atoms with Crippen molar-refractivity contribution in [3.63, 3.8) is 0 Å². The Bertz CT molecular complexity index is 402. The fourth-order valence-corrected chi connectivity index (χ4v) is 2.64. The second-order valence-corrected chi connectivity index (χ2v) is 5.57. The van der Waals surface area contributed by atoms with Crippen LogP contribution < -0.4 is 4.90 Å². The number of rotatable bonds is 7. The Hall–Kier alpha value is -1.09. The minimum absolute atomic E-state index is 0.104. The summed E-state index contributed by atoms with van der Waals surface area (Å²) < 4.78 is 0. The third kappa shape index (κ3) is 3.69. The molecule has 3 heteroatoms. The van der Waals surface area contributed by atoms with Gasteiger partial charge in [-0.25, -0.2) is 4.98 Å². The van der Waals surface area contributed by atoms with Crippen molar-refractivity contribution in [2.45, 2.75) is 52.6 Å². The molecule has 1 aliphatic rings. The molecule has 0 unspecified atom stereocenters. The lowest BCUT2D eigenvalue weighted by atomic mass is 9.85. The normalized spacial score (nSPS) is 15.3. The van der Waals surface area contributed by atoms with E-state index in [0.29, 0.717) is 0 Å². The molecule has 1 aromatic rings. The van der Waals surface area contributed by atoms with Gasteiger partial charge >= 0.3 is 0 Å². The average molecular weight is 262 g/mol. The number of aromatic nitrogens is 1. The molecule has 1 aromatic heterocycles. The van der Waals surface area contributed by atoms with Crippen LogP contribution in [0, 0.1) is 5.92 Å². The highest BCUT2D eigenvalue weighted by atomic mass is 16.3. The lowest BCUT2D eigenvalue weighted by molar-refractivity contribution is 0.281. The summed E-state index contributed by atoms with van der Waals surface area (Å²) in [4.78, 5) is 7.13. The summed E-state index contributed by atoms with van der Waals surface area (Å²) in [6.07, 6.45) is 6.18. The van der Waals surface area contributed by atoms with E-state index in [2.05, 4.69) is 18.7 Å². The summed E-state index contributed by atoms with van der Waals surface area (Å²) in [5.74, 6) is 1.89. The number of aliphatic hydroxyl groups excluding tert-OH is 1. The molecule has 0 aliphatic heterocycles. The molecule has 19 heavy (non-hydrogen) atoms. The first kappa shape index (κ1) is 14.3. The maximum absolute atomic E-state index is 9.40. The van der Waals surface area contributed by atoms with Crippen molar-refractivity contribution in [3.8, 4) is 0 Å². The molecule has 1 heterocycles. The largest absolute Gasteiger partial charge is 0.392 e. The summed E-state index contributed by atoms with van der Waals surface area (Å²) in [7, 11) is 0. The number of aliphatic hydroxyl groups is 1. The van der Waals surface area contributed by atoms with Gasteiger partial charge in [0.1, 0.15) is 5.82 Å². The van der Waals surface area contributed by atoms with Crippen LogP contribution in [0.4, 0.5) is 5.82 Å². The predicted octanol–water partition coefficient (Wildman–Crippen LogP) is 3.15. The van der Waals surface area contributed by atoms with Crippen LogP contribution in [0.25, 0.3) is 0 Å². The third-order valence-corrected chi connectivity index (χ3v) is 4.02. The van der Waals surface area contributed by atoms with E-state index in [1.165, 1.54) is 19.3 Å². The summed E-state index contributed by atoms with van der Waals surface area (Å²) in [5.41, 5.74) is 2.09. The van der Waals surface area contributed by atoms with Crippen LogP contribution in [-0.4, -0.2) is 23.2 Å². The molecule has 1 saturated carbocycles. The zero-order valence-corrected chi connectivity index (χ0v) is 12.2. The number of aryl methyl sites for hydroxylation is 1. The molecule has 1 fully saturated rings. The number of nitrogens with zero attached hydrogens (tertiary/aromatic N) is 2. The maximum Gasteiger partial charge on any atom is 0.129 e. The van der Waals surface area contributed by atoms with Crippen LogP contribution in [0.15, 0.2) is 12.1 Å².